The van der Waals surface area contributed by atoms with Gasteiger partial charge in [0, 0.05) is 19.6 Å². The summed E-state index contributed by atoms with van der Waals surface area (Å²) >= 11 is 0. The van der Waals surface area contributed by atoms with Crippen LogP contribution in [0.2, 0.25) is 0 Å². The van der Waals surface area contributed by atoms with Gasteiger partial charge in [-0.2, -0.15) is 5.06 Å². The molecule has 1 saturated heterocycles. The lowest BCUT2D eigenvalue weighted by molar-refractivity contribution is -0.170. The summed E-state index contributed by atoms with van der Waals surface area (Å²) in [5.41, 5.74) is 0. The van der Waals surface area contributed by atoms with Crippen molar-refractivity contribution in [2.24, 2.45) is 0 Å². The maximum atomic E-state index is 11.1. The van der Waals surface area contributed by atoms with Crippen LogP contribution in [0.25, 0.3) is 0 Å². The molecule has 1 rings (SSSR count). The summed E-state index contributed by atoms with van der Waals surface area (Å²) in [6, 6.07) is -0.0212. The van der Waals surface area contributed by atoms with E-state index < -0.39 is 6.09 Å². The van der Waals surface area contributed by atoms with Crippen molar-refractivity contribution >= 4 is 6.09 Å². The summed E-state index contributed by atoms with van der Waals surface area (Å²) in [6.45, 7) is 3.71. The van der Waals surface area contributed by atoms with Crippen LogP contribution in [0.15, 0.2) is 0 Å². The van der Waals surface area contributed by atoms with E-state index in [1.165, 1.54) is 43.4 Å². The smallest absolute Gasteiger partial charge is 0.407 e. The number of hydrogen-bond donors (Lipinski definition) is 2. The van der Waals surface area contributed by atoms with Crippen LogP contribution in [0.1, 0.15) is 58.3 Å². The molecule has 0 aromatic carbocycles. The molecule has 1 heterocycles. The molecule has 2 N–H and O–H groups in total. The zero-order chi connectivity index (χ0) is 14.1. The van der Waals surface area contributed by atoms with E-state index in [-0.39, 0.29) is 6.04 Å². The molecular formula is C14H28N2O3. The van der Waals surface area contributed by atoms with Gasteiger partial charge in [0.1, 0.15) is 0 Å². The van der Waals surface area contributed by atoms with Crippen LogP contribution in [0, 0.1) is 0 Å². The predicted octanol–water partition coefficient (Wildman–Crippen LogP) is 3.18. The van der Waals surface area contributed by atoms with E-state index in [0.29, 0.717) is 19.6 Å². The van der Waals surface area contributed by atoms with Gasteiger partial charge in [-0.15, -0.1) is 0 Å². The third-order valence-corrected chi connectivity index (χ3v) is 3.78. The quantitative estimate of drug-likeness (QED) is 0.599. The number of amides is 1. The Hall–Kier alpha value is -0.810. The Morgan fingerprint density at radius 1 is 1.11 bits per heavy atom. The maximum absolute atomic E-state index is 11.1. The molecule has 0 saturated carbocycles. The summed E-state index contributed by atoms with van der Waals surface area (Å²) in [6.07, 6.45) is 8.87. The fraction of sp³-hybridized carbons (Fsp3) is 0.929. The van der Waals surface area contributed by atoms with Gasteiger partial charge in [0.15, 0.2) is 0 Å². The highest BCUT2D eigenvalue weighted by molar-refractivity contribution is 5.65. The molecule has 0 aromatic rings. The van der Waals surface area contributed by atoms with Crippen molar-refractivity contribution in [3.8, 4) is 0 Å². The Labute approximate surface area is 116 Å². The van der Waals surface area contributed by atoms with Crippen molar-refractivity contribution in [1.29, 1.82) is 0 Å². The largest absolute Gasteiger partial charge is 0.465 e. The molecule has 0 bridgehead atoms. The lowest BCUT2D eigenvalue weighted by atomic mass is 10.1. The van der Waals surface area contributed by atoms with E-state index in [2.05, 4.69) is 6.92 Å². The second-order valence-electron chi connectivity index (χ2n) is 5.48. The normalized spacial score (nSPS) is 16.3. The second-order valence-corrected chi connectivity index (χ2v) is 5.48. The molecule has 5 nitrogen and oxygen atoms in total. The van der Waals surface area contributed by atoms with Gasteiger partial charge in [-0.05, 0) is 6.42 Å². The molecular weight excluding hydrogens is 244 g/mol. The number of rotatable bonds is 10. The molecule has 1 aliphatic heterocycles. The molecule has 0 aromatic heterocycles. The summed E-state index contributed by atoms with van der Waals surface area (Å²) in [4.78, 5) is 12.6. The molecule has 1 fully saturated rings. The molecule has 0 atom stereocenters. The Balaban J connectivity index is 2.01. The molecule has 5 heteroatoms. The Morgan fingerprint density at radius 2 is 1.63 bits per heavy atom. The number of unbranched alkanes of at least 4 members (excludes halogenated alkanes) is 7. The van der Waals surface area contributed by atoms with Crippen molar-refractivity contribution in [2.75, 3.05) is 19.6 Å². The average molecular weight is 272 g/mol. The average Bonchev–Trinajstić information content (AvgIpc) is 2.33. The minimum atomic E-state index is -0.860. The number of carboxylic acid groups (broad SMARTS) is 1. The van der Waals surface area contributed by atoms with Crippen molar-refractivity contribution in [3.63, 3.8) is 0 Å². The van der Waals surface area contributed by atoms with Gasteiger partial charge in [0.25, 0.3) is 0 Å². The van der Waals surface area contributed by atoms with E-state index in [1.54, 1.807) is 0 Å². The first-order valence-corrected chi connectivity index (χ1v) is 7.58. The fourth-order valence-electron chi connectivity index (χ4n) is 2.48. The van der Waals surface area contributed by atoms with Gasteiger partial charge in [-0.3, -0.25) is 0 Å². The predicted molar refractivity (Wildman–Crippen MR) is 74.5 cm³/mol. The van der Waals surface area contributed by atoms with Crippen LogP contribution in [0.5, 0.6) is 0 Å². The lowest BCUT2D eigenvalue weighted by Gasteiger charge is -2.40. The zero-order valence-electron chi connectivity index (χ0n) is 12.1. The highest BCUT2D eigenvalue weighted by Crippen LogP contribution is 2.15. The van der Waals surface area contributed by atoms with Crippen molar-refractivity contribution in [2.45, 2.75) is 64.3 Å². The molecule has 0 aliphatic carbocycles. The molecule has 112 valence electrons. The highest BCUT2D eigenvalue weighted by atomic mass is 16.5. The summed E-state index contributed by atoms with van der Waals surface area (Å²) in [5.74, 6) is 0. The van der Waals surface area contributed by atoms with Crippen LogP contribution in [0.4, 0.5) is 4.79 Å². The van der Waals surface area contributed by atoms with Crippen LogP contribution in [0.3, 0.4) is 0 Å². The molecule has 0 radical (unpaired) electrons. The topological polar surface area (TPSA) is 64.0 Å². The van der Waals surface area contributed by atoms with E-state index in [1.807, 2.05) is 0 Å². The van der Waals surface area contributed by atoms with Gasteiger partial charge in [-0.1, -0.05) is 51.9 Å². The first-order valence-electron chi connectivity index (χ1n) is 7.58. The summed E-state index contributed by atoms with van der Waals surface area (Å²) in [7, 11) is 0. The molecule has 0 unspecified atom stereocenters. The molecule has 1 aliphatic rings. The van der Waals surface area contributed by atoms with Gasteiger partial charge in [-0.25, -0.2) is 4.79 Å². The Bertz CT molecular complexity index is 255. The minimum absolute atomic E-state index is 0.0212. The van der Waals surface area contributed by atoms with Gasteiger partial charge in [0.2, 0.25) is 0 Å². The Morgan fingerprint density at radius 3 is 2.11 bits per heavy atom. The second kappa shape index (κ2) is 9.15. The standard InChI is InChI=1S/C14H28N2O3/c1-2-3-4-5-6-7-8-9-10-16(14(17)18)13-11-15(19)12-13/h13,19H,2-12H2,1H3,(H,17,18). The number of hydrogen-bond acceptors (Lipinski definition) is 3. The third-order valence-electron chi connectivity index (χ3n) is 3.78. The number of nitrogens with zero attached hydrogens (tertiary/aromatic N) is 2. The van der Waals surface area contributed by atoms with Gasteiger partial charge in [0.05, 0.1) is 6.04 Å². The highest BCUT2D eigenvalue weighted by Gasteiger charge is 2.33. The maximum Gasteiger partial charge on any atom is 0.407 e. The van der Waals surface area contributed by atoms with Crippen LogP contribution in [-0.4, -0.2) is 52.0 Å². The molecule has 1 amide bonds. The third kappa shape index (κ3) is 6.25. The first-order chi connectivity index (χ1) is 9.15. The van der Waals surface area contributed by atoms with E-state index in [9.17, 15) is 4.79 Å². The fourth-order valence-corrected chi connectivity index (χ4v) is 2.48. The molecule has 19 heavy (non-hydrogen) atoms. The Kier molecular flexibility index (Phi) is 7.82. The van der Waals surface area contributed by atoms with Crippen molar-refractivity contribution in [3.05, 3.63) is 0 Å². The minimum Gasteiger partial charge on any atom is -0.465 e. The van der Waals surface area contributed by atoms with Crippen molar-refractivity contribution < 1.29 is 15.1 Å². The summed E-state index contributed by atoms with van der Waals surface area (Å²) in [5, 5.41) is 19.4. The van der Waals surface area contributed by atoms with E-state index in [4.69, 9.17) is 10.3 Å². The van der Waals surface area contributed by atoms with Crippen molar-refractivity contribution in [1.82, 2.24) is 9.96 Å². The zero-order valence-corrected chi connectivity index (χ0v) is 12.1. The van der Waals surface area contributed by atoms with Gasteiger partial charge < -0.3 is 15.2 Å². The van der Waals surface area contributed by atoms with Crippen LogP contribution in [-0.2, 0) is 0 Å². The SMILES string of the molecule is CCCCCCCCCCN(C(=O)O)C1CN(O)C1. The number of hydroxylamine groups is 2. The van der Waals surface area contributed by atoms with Crippen LogP contribution < -0.4 is 0 Å². The number of carbonyl (C=O) groups is 1. The van der Waals surface area contributed by atoms with E-state index in [0.717, 1.165) is 17.9 Å². The summed E-state index contributed by atoms with van der Waals surface area (Å²) < 4.78 is 0. The van der Waals surface area contributed by atoms with Gasteiger partial charge >= 0.3 is 6.09 Å². The van der Waals surface area contributed by atoms with E-state index >= 15 is 0 Å². The monoisotopic (exact) mass is 272 g/mol. The molecule has 0 spiro atoms. The van der Waals surface area contributed by atoms with Crippen LogP contribution >= 0.6 is 0 Å². The first kappa shape index (κ1) is 16.2. The lowest BCUT2D eigenvalue weighted by Crippen LogP contribution is -2.59.